The summed E-state index contributed by atoms with van der Waals surface area (Å²) in [6.07, 6.45) is -4.55. The molecular weight excluding hydrogens is 259 g/mol. The molecule has 2 N–H and O–H groups in total. The predicted molar refractivity (Wildman–Crippen MR) is 63.6 cm³/mol. The van der Waals surface area contributed by atoms with E-state index in [1.165, 1.54) is 18.2 Å². The van der Waals surface area contributed by atoms with Crippen molar-refractivity contribution in [3.63, 3.8) is 0 Å². The average molecular weight is 271 g/mol. The number of hydrogen-bond acceptors (Lipinski definition) is 2. The first-order valence-corrected chi connectivity index (χ1v) is 5.61. The number of nitrogens with two attached hydrogens (primary N) is 1. The molecule has 0 saturated heterocycles. The molecule has 1 aromatic heterocycles. The Labute approximate surface area is 107 Å². The number of benzene rings is 1. The number of rotatable bonds is 2. The molecule has 4 nitrogen and oxygen atoms in total. The van der Waals surface area contributed by atoms with E-state index < -0.39 is 23.9 Å². The molecule has 0 atom stereocenters. The van der Waals surface area contributed by atoms with Crippen LogP contribution >= 0.6 is 0 Å². The molecule has 0 unspecified atom stereocenters. The molecule has 0 aliphatic rings. The number of imidazole rings is 1. The van der Waals surface area contributed by atoms with Gasteiger partial charge >= 0.3 is 6.18 Å². The molecule has 7 heteroatoms. The van der Waals surface area contributed by atoms with Crippen LogP contribution in [0.25, 0.3) is 11.0 Å². The molecule has 1 heterocycles. The summed E-state index contributed by atoms with van der Waals surface area (Å²) >= 11 is 0. The van der Waals surface area contributed by atoms with Crippen molar-refractivity contribution in [1.29, 1.82) is 0 Å². The van der Waals surface area contributed by atoms with Crippen molar-refractivity contribution in [1.82, 2.24) is 9.55 Å². The van der Waals surface area contributed by atoms with Gasteiger partial charge in [0, 0.05) is 11.6 Å². The van der Waals surface area contributed by atoms with Crippen molar-refractivity contribution < 1.29 is 18.0 Å². The van der Waals surface area contributed by atoms with E-state index in [1.54, 1.807) is 13.8 Å². The minimum absolute atomic E-state index is 0.109. The molecule has 0 fully saturated rings. The quantitative estimate of drug-likeness (QED) is 0.912. The predicted octanol–water partition coefficient (Wildman–Crippen LogP) is 2.73. The Morgan fingerprint density at radius 1 is 1.37 bits per heavy atom. The summed E-state index contributed by atoms with van der Waals surface area (Å²) in [5.74, 6) is -1.67. The van der Waals surface area contributed by atoms with Crippen molar-refractivity contribution in [3.05, 3.63) is 29.6 Å². The van der Waals surface area contributed by atoms with E-state index in [4.69, 9.17) is 5.73 Å². The van der Waals surface area contributed by atoms with Gasteiger partial charge in [-0.25, -0.2) is 4.98 Å². The number of amides is 1. The van der Waals surface area contributed by atoms with Gasteiger partial charge in [-0.1, -0.05) is 0 Å². The first-order chi connectivity index (χ1) is 8.71. The SMILES string of the molecule is CC(C)n1c(C(F)(F)F)nc2cc(C(N)=O)ccc21. The number of nitrogens with zero attached hydrogens (tertiary/aromatic N) is 2. The first-order valence-electron chi connectivity index (χ1n) is 5.61. The Morgan fingerprint density at radius 2 is 2.00 bits per heavy atom. The fourth-order valence-electron chi connectivity index (χ4n) is 1.97. The highest BCUT2D eigenvalue weighted by Gasteiger charge is 2.38. The molecular formula is C12H12F3N3O. The molecule has 0 aliphatic heterocycles. The van der Waals surface area contributed by atoms with E-state index in [9.17, 15) is 18.0 Å². The first kappa shape index (κ1) is 13.4. The number of aromatic nitrogens is 2. The average Bonchev–Trinajstić information content (AvgIpc) is 2.66. The van der Waals surface area contributed by atoms with Gasteiger partial charge in [0.25, 0.3) is 0 Å². The van der Waals surface area contributed by atoms with Gasteiger partial charge in [-0.2, -0.15) is 13.2 Å². The Morgan fingerprint density at radius 3 is 2.47 bits per heavy atom. The monoisotopic (exact) mass is 271 g/mol. The molecule has 19 heavy (non-hydrogen) atoms. The van der Waals surface area contributed by atoms with Gasteiger partial charge in [-0.05, 0) is 32.0 Å². The zero-order chi connectivity index (χ0) is 14.4. The van der Waals surface area contributed by atoms with Crippen molar-refractivity contribution in [2.75, 3.05) is 0 Å². The van der Waals surface area contributed by atoms with E-state index in [0.717, 1.165) is 4.57 Å². The van der Waals surface area contributed by atoms with Crippen LogP contribution in [0.3, 0.4) is 0 Å². The van der Waals surface area contributed by atoms with Gasteiger partial charge in [0.2, 0.25) is 11.7 Å². The van der Waals surface area contributed by atoms with Crippen LogP contribution in [0.2, 0.25) is 0 Å². The molecule has 0 bridgehead atoms. The summed E-state index contributed by atoms with van der Waals surface area (Å²) < 4.78 is 39.9. The normalized spacial score (nSPS) is 12.3. The van der Waals surface area contributed by atoms with Crippen LogP contribution in [0.15, 0.2) is 18.2 Å². The molecule has 0 aliphatic carbocycles. The van der Waals surface area contributed by atoms with E-state index in [2.05, 4.69) is 4.98 Å². The minimum atomic E-state index is -4.55. The molecule has 1 aromatic carbocycles. The Balaban J connectivity index is 2.77. The zero-order valence-electron chi connectivity index (χ0n) is 10.3. The van der Waals surface area contributed by atoms with Crippen LogP contribution in [-0.4, -0.2) is 15.5 Å². The zero-order valence-corrected chi connectivity index (χ0v) is 10.3. The number of carbonyl (C=O) groups excluding carboxylic acids is 1. The molecule has 102 valence electrons. The van der Waals surface area contributed by atoms with Crippen molar-refractivity contribution in [2.24, 2.45) is 5.73 Å². The van der Waals surface area contributed by atoms with E-state index in [0.29, 0.717) is 5.52 Å². The molecule has 0 radical (unpaired) electrons. The lowest BCUT2D eigenvalue weighted by Crippen LogP contribution is -2.16. The third-order valence-corrected chi connectivity index (χ3v) is 2.74. The van der Waals surface area contributed by atoms with Crippen LogP contribution in [0.5, 0.6) is 0 Å². The van der Waals surface area contributed by atoms with Crippen LogP contribution in [0.4, 0.5) is 13.2 Å². The number of primary amides is 1. The number of halogens is 3. The highest BCUT2D eigenvalue weighted by molar-refractivity contribution is 5.96. The summed E-state index contributed by atoms with van der Waals surface area (Å²) in [6.45, 7) is 3.27. The molecule has 2 rings (SSSR count). The third-order valence-electron chi connectivity index (χ3n) is 2.74. The van der Waals surface area contributed by atoms with Crippen LogP contribution in [0, 0.1) is 0 Å². The second-order valence-electron chi connectivity index (χ2n) is 4.46. The van der Waals surface area contributed by atoms with Crippen molar-refractivity contribution in [3.8, 4) is 0 Å². The maximum absolute atomic E-state index is 12.9. The lowest BCUT2D eigenvalue weighted by molar-refractivity contribution is -0.147. The number of fused-ring (bicyclic) bond motifs is 1. The van der Waals surface area contributed by atoms with Gasteiger partial charge in [0.15, 0.2) is 0 Å². The lowest BCUT2D eigenvalue weighted by Gasteiger charge is -2.14. The summed E-state index contributed by atoms with van der Waals surface area (Å²) in [5, 5.41) is 0. The van der Waals surface area contributed by atoms with Gasteiger partial charge in [-0.15, -0.1) is 0 Å². The maximum atomic E-state index is 12.9. The summed E-state index contributed by atoms with van der Waals surface area (Å²) in [5.41, 5.74) is 5.67. The molecule has 0 saturated carbocycles. The van der Waals surface area contributed by atoms with E-state index >= 15 is 0 Å². The Bertz CT molecular complexity index is 643. The summed E-state index contributed by atoms with van der Waals surface area (Å²) in [6, 6.07) is 3.69. The number of alkyl halides is 3. The number of carbonyl (C=O) groups is 1. The van der Waals surface area contributed by atoms with Gasteiger partial charge in [0.05, 0.1) is 11.0 Å². The molecule has 1 amide bonds. The molecule has 2 aromatic rings. The fraction of sp³-hybridized carbons (Fsp3) is 0.333. The second-order valence-corrected chi connectivity index (χ2v) is 4.46. The van der Waals surface area contributed by atoms with Gasteiger partial charge < -0.3 is 10.3 Å². The largest absolute Gasteiger partial charge is 0.449 e. The maximum Gasteiger partial charge on any atom is 0.449 e. The number of hydrogen-bond donors (Lipinski definition) is 1. The van der Waals surface area contributed by atoms with Crippen molar-refractivity contribution in [2.45, 2.75) is 26.1 Å². The highest BCUT2D eigenvalue weighted by atomic mass is 19.4. The third kappa shape index (κ3) is 2.27. The summed E-state index contributed by atoms with van der Waals surface area (Å²) in [4.78, 5) is 14.6. The van der Waals surface area contributed by atoms with Crippen LogP contribution in [0.1, 0.15) is 36.1 Å². The molecule has 0 spiro atoms. The summed E-state index contributed by atoms with van der Waals surface area (Å²) in [7, 11) is 0. The lowest BCUT2D eigenvalue weighted by atomic mass is 10.2. The smallest absolute Gasteiger partial charge is 0.366 e. The fourth-order valence-corrected chi connectivity index (χ4v) is 1.97. The minimum Gasteiger partial charge on any atom is -0.366 e. The van der Waals surface area contributed by atoms with Crippen molar-refractivity contribution >= 4 is 16.9 Å². The van der Waals surface area contributed by atoms with Crippen LogP contribution in [-0.2, 0) is 6.18 Å². The topological polar surface area (TPSA) is 60.9 Å². The van der Waals surface area contributed by atoms with Gasteiger partial charge in [-0.3, -0.25) is 4.79 Å². The van der Waals surface area contributed by atoms with Crippen LogP contribution < -0.4 is 5.73 Å². The standard InChI is InChI=1S/C12H12F3N3O/c1-6(2)18-9-4-3-7(10(16)19)5-8(9)17-11(18)12(13,14)15/h3-6H,1-2H3,(H2,16,19). The van der Waals surface area contributed by atoms with E-state index in [1.807, 2.05) is 0 Å². The van der Waals surface area contributed by atoms with E-state index in [-0.39, 0.29) is 11.1 Å². The Hall–Kier alpha value is -2.05. The second kappa shape index (κ2) is 4.25. The van der Waals surface area contributed by atoms with Gasteiger partial charge in [0.1, 0.15) is 0 Å². The highest BCUT2D eigenvalue weighted by Crippen LogP contribution is 2.33. The Kier molecular flexibility index (Phi) is 3.00.